The molecule has 34 heavy (non-hydrogen) atoms. The molecule has 0 unspecified atom stereocenters. The molecule has 176 valence electrons. The average molecular weight is 469 g/mol. The summed E-state index contributed by atoms with van der Waals surface area (Å²) in [7, 11) is 0. The number of aromatic nitrogens is 4. The number of hydrogen-bond donors (Lipinski definition) is 0. The number of pyridine rings is 2. The van der Waals surface area contributed by atoms with E-state index < -0.39 is 11.7 Å². The van der Waals surface area contributed by atoms with Gasteiger partial charge in [-0.05, 0) is 56.4 Å². The molecule has 2 aliphatic heterocycles. The van der Waals surface area contributed by atoms with Crippen LogP contribution in [-0.4, -0.2) is 49.4 Å². The topological polar surface area (TPSA) is 81.1 Å². The Balaban J connectivity index is 1.40. The van der Waals surface area contributed by atoms with Crippen LogP contribution in [0.3, 0.4) is 0 Å². The van der Waals surface area contributed by atoms with Crippen molar-refractivity contribution in [2.24, 2.45) is 5.92 Å². The van der Waals surface area contributed by atoms with Gasteiger partial charge in [-0.2, -0.15) is 13.2 Å². The lowest BCUT2D eigenvalue weighted by Crippen LogP contribution is -2.59. The van der Waals surface area contributed by atoms with Crippen LogP contribution in [0.25, 0.3) is 11.5 Å². The quantitative estimate of drug-likeness (QED) is 0.566. The fourth-order valence-electron chi connectivity index (χ4n) is 4.74. The monoisotopic (exact) mass is 469 g/mol. The van der Waals surface area contributed by atoms with E-state index in [9.17, 15) is 18.0 Å². The van der Waals surface area contributed by atoms with Gasteiger partial charge in [-0.15, -0.1) is 0 Å². The second-order valence-corrected chi connectivity index (χ2v) is 8.66. The molecule has 3 aromatic rings. The van der Waals surface area contributed by atoms with Crippen molar-refractivity contribution in [3.63, 3.8) is 0 Å². The molecule has 0 spiro atoms. The SMILES string of the molecule is Cc1ccc(C(=O)N2C[C@@H]3CC[C@H]2[C@H](Oc2ccc(C(F)(F)F)cn2)C3)c(-c2ncccn2)n1. The molecule has 10 heteroatoms. The summed E-state index contributed by atoms with van der Waals surface area (Å²) in [5.41, 5.74) is 0.753. The first-order valence-electron chi connectivity index (χ1n) is 11.1. The molecule has 0 radical (unpaired) electrons. The zero-order chi connectivity index (χ0) is 23.9. The third-order valence-electron chi connectivity index (χ3n) is 6.36. The fraction of sp³-hybridized carbons (Fsp3) is 0.375. The second-order valence-electron chi connectivity index (χ2n) is 8.66. The van der Waals surface area contributed by atoms with Crippen molar-refractivity contribution in [2.45, 2.75) is 44.5 Å². The highest BCUT2D eigenvalue weighted by atomic mass is 19.4. The van der Waals surface area contributed by atoms with Gasteiger partial charge < -0.3 is 9.64 Å². The number of amides is 1. The van der Waals surface area contributed by atoms with Crippen LogP contribution < -0.4 is 4.74 Å². The molecule has 7 nitrogen and oxygen atoms in total. The summed E-state index contributed by atoms with van der Waals surface area (Å²) in [6.07, 6.45) is 1.60. The maximum absolute atomic E-state index is 13.7. The number of rotatable bonds is 4. The molecular weight excluding hydrogens is 447 g/mol. The lowest BCUT2D eigenvalue weighted by molar-refractivity contribution is -0.137. The number of carbonyl (C=O) groups is 1. The van der Waals surface area contributed by atoms with Gasteiger partial charge >= 0.3 is 6.18 Å². The molecule has 1 amide bonds. The van der Waals surface area contributed by atoms with E-state index in [-0.39, 0.29) is 29.9 Å². The number of hydrogen-bond acceptors (Lipinski definition) is 6. The molecule has 0 N–H and O–H groups in total. The van der Waals surface area contributed by atoms with Crippen molar-refractivity contribution in [3.05, 3.63) is 65.7 Å². The summed E-state index contributed by atoms with van der Waals surface area (Å²) in [5, 5.41) is 0. The molecule has 3 atom stereocenters. The summed E-state index contributed by atoms with van der Waals surface area (Å²) in [6.45, 7) is 2.43. The fourth-order valence-corrected chi connectivity index (χ4v) is 4.74. The van der Waals surface area contributed by atoms with E-state index in [0.717, 1.165) is 37.2 Å². The van der Waals surface area contributed by atoms with Crippen LogP contribution in [0.4, 0.5) is 13.2 Å². The minimum atomic E-state index is -4.46. The minimum absolute atomic E-state index is 0.119. The van der Waals surface area contributed by atoms with Gasteiger partial charge in [0.15, 0.2) is 5.82 Å². The standard InChI is InChI=1S/C24H22F3N5O2/c1-14-3-6-17(21(31-14)22-28-9-2-10-29-22)23(33)32-13-15-4-7-18(32)19(11-15)34-20-8-5-16(12-30-20)24(25,26)27/h2-3,5-6,8-10,12,15,18-19H,4,7,11,13H2,1H3/t15-,18+,19-/m1/s1. The van der Waals surface area contributed by atoms with Gasteiger partial charge in [0.25, 0.3) is 5.91 Å². The van der Waals surface area contributed by atoms with Gasteiger partial charge in [-0.3, -0.25) is 4.79 Å². The number of piperidine rings is 2. The lowest BCUT2D eigenvalue weighted by atomic mass is 9.77. The number of nitrogens with zero attached hydrogens (tertiary/aromatic N) is 5. The largest absolute Gasteiger partial charge is 0.472 e. The summed E-state index contributed by atoms with van der Waals surface area (Å²) >= 11 is 0. The van der Waals surface area contributed by atoms with Gasteiger partial charge in [-0.25, -0.2) is 19.9 Å². The third-order valence-corrected chi connectivity index (χ3v) is 6.36. The minimum Gasteiger partial charge on any atom is -0.472 e. The summed E-state index contributed by atoms with van der Waals surface area (Å²) in [6, 6.07) is 7.19. The number of halogens is 3. The van der Waals surface area contributed by atoms with Crippen LogP contribution in [0, 0.1) is 12.8 Å². The zero-order valence-electron chi connectivity index (χ0n) is 18.4. The van der Waals surface area contributed by atoms with Crippen molar-refractivity contribution in [3.8, 4) is 17.4 Å². The van der Waals surface area contributed by atoms with Gasteiger partial charge in [0.1, 0.15) is 11.8 Å². The number of fused-ring (bicyclic) bond motifs is 3. The summed E-state index contributed by atoms with van der Waals surface area (Å²) < 4.78 is 44.5. The Morgan fingerprint density at radius 1 is 1.09 bits per heavy atom. The van der Waals surface area contributed by atoms with Crippen molar-refractivity contribution in [1.29, 1.82) is 0 Å². The molecule has 3 fully saturated rings. The van der Waals surface area contributed by atoms with Crippen LogP contribution in [0.2, 0.25) is 0 Å². The third kappa shape index (κ3) is 4.32. The van der Waals surface area contributed by atoms with Gasteiger partial charge in [0, 0.05) is 36.9 Å². The van der Waals surface area contributed by atoms with Crippen LogP contribution in [0.15, 0.2) is 48.9 Å². The Hall–Kier alpha value is -3.56. The maximum Gasteiger partial charge on any atom is 0.417 e. The first-order chi connectivity index (χ1) is 16.3. The molecule has 1 aliphatic carbocycles. The first kappa shape index (κ1) is 22.2. The molecule has 1 saturated carbocycles. The van der Waals surface area contributed by atoms with Crippen LogP contribution in [-0.2, 0) is 6.18 Å². The van der Waals surface area contributed by atoms with Crippen molar-refractivity contribution in [2.75, 3.05) is 6.54 Å². The zero-order valence-corrected chi connectivity index (χ0v) is 18.4. The molecule has 3 aliphatic rings. The van der Waals surface area contributed by atoms with Gasteiger partial charge in [0.2, 0.25) is 5.88 Å². The summed E-state index contributed by atoms with van der Waals surface area (Å²) in [5.74, 6) is 0.549. The van der Waals surface area contributed by atoms with Crippen molar-refractivity contribution < 1.29 is 22.7 Å². The molecule has 0 aromatic carbocycles. The Labute approximate surface area is 194 Å². The second kappa shape index (κ2) is 8.66. The molecular formula is C24H22F3N5O2. The highest BCUT2D eigenvalue weighted by Gasteiger charge is 2.45. The summed E-state index contributed by atoms with van der Waals surface area (Å²) in [4.78, 5) is 32.4. The Morgan fingerprint density at radius 2 is 1.88 bits per heavy atom. The number of alkyl halides is 3. The van der Waals surface area contributed by atoms with E-state index in [1.165, 1.54) is 6.07 Å². The Kier molecular flexibility index (Phi) is 5.66. The normalized spacial score (nSPS) is 22.0. The molecule has 2 bridgehead atoms. The van der Waals surface area contributed by atoms with Crippen LogP contribution in [0.5, 0.6) is 5.88 Å². The maximum atomic E-state index is 13.7. The van der Waals surface area contributed by atoms with E-state index in [4.69, 9.17) is 4.74 Å². The lowest BCUT2D eigenvalue weighted by Gasteiger charge is -2.49. The van der Waals surface area contributed by atoms with E-state index in [2.05, 4.69) is 19.9 Å². The Morgan fingerprint density at radius 3 is 2.56 bits per heavy atom. The van der Waals surface area contributed by atoms with E-state index in [0.29, 0.717) is 23.6 Å². The first-order valence-corrected chi connectivity index (χ1v) is 11.1. The molecule has 3 aromatic heterocycles. The number of aryl methyl sites for hydroxylation is 1. The van der Waals surface area contributed by atoms with Crippen molar-refractivity contribution >= 4 is 5.91 Å². The van der Waals surface area contributed by atoms with Crippen LogP contribution in [0.1, 0.15) is 40.9 Å². The number of carbonyl (C=O) groups excluding carboxylic acids is 1. The predicted molar refractivity (Wildman–Crippen MR) is 116 cm³/mol. The van der Waals surface area contributed by atoms with E-state index in [1.807, 2.05) is 6.92 Å². The van der Waals surface area contributed by atoms with Crippen molar-refractivity contribution in [1.82, 2.24) is 24.8 Å². The highest BCUT2D eigenvalue weighted by molar-refractivity contribution is 5.99. The average Bonchev–Trinajstić information content (AvgIpc) is 2.84. The molecule has 2 saturated heterocycles. The van der Waals surface area contributed by atoms with E-state index >= 15 is 0 Å². The molecule has 6 rings (SSSR count). The highest BCUT2D eigenvalue weighted by Crippen LogP contribution is 2.39. The Bertz CT molecular complexity index is 1190. The van der Waals surface area contributed by atoms with E-state index in [1.54, 1.807) is 35.5 Å². The van der Waals surface area contributed by atoms with Gasteiger partial charge in [-0.1, -0.05) is 0 Å². The number of ether oxygens (including phenoxy) is 1. The van der Waals surface area contributed by atoms with Crippen LogP contribution >= 0.6 is 0 Å². The molecule has 5 heterocycles. The smallest absolute Gasteiger partial charge is 0.417 e. The van der Waals surface area contributed by atoms with Gasteiger partial charge in [0.05, 0.1) is 17.2 Å². The predicted octanol–water partition coefficient (Wildman–Crippen LogP) is 4.33.